The van der Waals surface area contributed by atoms with Crippen molar-refractivity contribution in [3.63, 3.8) is 0 Å². The van der Waals surface area contributed by atoms with Gasteiger partial charge in [-0.05, 0) is 25.2 Å². The van der Waals surface area contributed by atoms with E-state index in [0.717, 1.165) is 25.4 Å². The van der Waals surface area contributed by atoms with Crippen molar-refractivity contribution < 1.29 is 24.5 Å². The number of ether oxygens (including phenoxy) is 1. The van der Waals surface area contributed by atoms with Crippen molar-refractivity contribution >= 4 is 23.5 Å². The molecule has 0 fully saturated rings. The molecule has 0 aliphatic heterocycles. The SMILES string of the molecule is CCN(CC)CCOc1ccccc1Cl.O=C(O)C(=O)O. The predicted molar refractivity (Wildman–Crippen MR) is 80.0 cm³/mol. The van der Waals surface area contributed by atoms with E-state index in [0.29, 0.717) is 11.6 Å². The highest BCUT2D eigenvalue weighted by atomic mass is 35.5. The number of benzene rings is 1. The van der Waals surface area contributed by atoms with Crippen molar-refractivity contribution in [3.8, 4) is 5.75 Å². The lowest BCUT2D eigenvalue weighted by Gasteiger charge is -2.18. The molecule has 0 amide bonds. The molecule has 6 nitrogen and oxygen atoms in total. The lowest BCUT2D eigenvalue weighted by Crippen LogP contribution is -2.27. The second-order valence-corrected chi connectivity index (χ2v) is 4.32. The Hall–Kier alpha value is -1.79. The van der Waals surface area contributed by atoms with E-state index in [1.54, 1.807) is 0 Å². The van der Waals surface area contributed by atoms with Crippen LogP contribution in [0.2, 0.25) is 5.02 Å². The molecule has 0 aliphatic carbocycles. The number of carboxylic acids is 2. The van der Waals surface area contributed by atoms with E-state index in [1.165, 1.54) is 0 Å². The van der Waals surface area contributed by atoms with Crippen LogP contribution in [0.4, 0.5) is 0 Å². The van der Waals surface area contributed by atoms with Crippen molar-refractivity contribution in [2.24, 2.45) is 0 Å². The fraction of sp³-hybridized carbons (Fsp3) is 0.429. The molecule has 0 saturated carbocycles. The molecule has 1 aromatic carbocycles. The highest BCUT2D eigenvalue weighted by molar-refractivity contribution is 6.32. The second-order valence-electron chi connectivity index (χ2n) is 3.92. The van der Waals surface area contributed by atoms with Crippen molar-refractivity contribution in [2.45, 2.75) is 13.8 Å². The van der Waals surface area contributed by atoms with Gasteiger partial charge in [-0.25, -0.2) is 9.59 Å². The van der Waals surface area contributed by atoms with Crippen LogP contribution in [0, 0.1) is 0 Å². The quantitative estimate of drug-likeness (QED) is 0.782. The first kappa shape index (κ1) is 19.2. The van der Waals surface area contributed by atoms with Gasteiger partial charge in [0.05, 0.1) is 5.02 Å². The molecule has 7 heteroatoms. The van der Waals surface area contributed by atoms with Gasteiger partial charge in [-0.1, -0.05) is 37.6 Å². The smallest absolute Gasteiger partial charge is 0.414 e. The molecule has 0 radical (unpaired) electrons. The van der Waals surface area contributed by atoms with Crippen LogP contribution in [0.3, 0.4) is 0 Å². The number of carboxylic acid groups (broad SMARTS) is 2. The molecular formula is C14H20ClNO5. The van der Waals surface area contributed by atoms with Gasteiger partial charge in [-0.15, -0.1) is 0 Å². The van der Waals surface area contributed by atoms with Crippen LogP contribution < -0.4 is 4.74 Å². The maximum atomic E-state index is 9.10. The van der Waals surface area contributed by atoms with Crippen molar-refractivity contribution in [1.29, 1.82) is 0 Å². The van der Waals surface area contributed by atoms with Crippen LogP contribution in [0.1, 0.15) is 13.8 Å². The molecule has 0 spiro atoms. The van der Waals surface area contributed by atoms with Gasteiger partial charge in [-0.2, -0.15) is 0 Å². The van der Waals surface area contributed by atoms with E-state index in [1.807, 2.05) is 24.3 Å². The maximum absolute atomic E-state index is 9.10. The molecule has 21 heavy (non-hydrogen) atoms. The summed E-state index contributed by atoms with van der Waals surface area (Å²) < 4.78 is 5.60. The van der Waals surface area contributed by atoms with Gasteiger partial charge in [0.2, 0.25) is 0 Å². The fourth-order valence-corrected chi connectivity index (χ4v) is 1.58. The minimum atomic E-state index is -1.82. The molecule has 118 valence electrons. The Labute approximate surface area is 128 Å². The number of halogens is 1. The molecule has 0 aliphatic rings. The Morgan fingerprint density at radius 2 is 1.67 bits per heavy atom. The van der Waals surface area contributed by atoms with E-state index >= 15 is 0 Å². The lowest BCUT2D eigenvalue weighted by molar-refractivity contribution is -0.159. The third kappa shape index (κ3) is 8.88. The summed E-state index contributed by atoms with van der Waals surface area (Å²) in [6.45, 7) is 8.05. The van der Waals surface area contributed by atoms with Gasteiger partial charge in [0, 0.05) is 6.54 Å². The molecule has 0 aromatic heterocycles. The van der Waals surface area contributed by atoms with Gasteiger partial charge in [0.1, 0.15) is 12.4 Å². The highest BCUT2D eigenvalue weighted by Gasteiger charge is 2.04. The van der Waals surface area contributed by atoms with Gasteiger partial charge in [-0.3, -0.25) is 0 Å². The Kier molecular flexibility index (Phi) is 10.0. The third-order valence-corrected chi connectivity index (χ3v) is 2.89. The van der Waals surface area contributed by atoms with E-state index < -0.39 is 11.9 Å². The molecule has 0 heterocycles. The Morgan fingerprint density at radius 1 is 1.14 bits per heavy atom. The summed E-state index contributed by atoms with van der Waals surface area (Å²) in [5, 5.41) is 15.5. The molecule has 1 aromatic rings. The molecule has 0 bridgehead atoms. The largest absolute Gasteiger partial charge is 0.491 e. The van der Waals surface area contributed by atoms with Crippen LogP contribution in [0.25, 0.3) is 0 Å². The van der Waals surface area contributed by atoms with Crippen molar-refractivity contribution in [1.82, 2.24) is 4.90 Å². The van der Waals surface area contributed by atoms with Crippen molar-refractivity contribution in [3.05, 3.63) is 29.3 Å². The van der Waals surface area contributed by atoms with Gasteiger partial charge in [0.25, 0.3) is 0 Å². The summed E-state index contributed by atoms with van der Waals surface area (Å²) >= 11 is 5.97. The average molecular weight is 318 g/mol. The highest BCUT2D eigenvalue weighted by Crippen LogP contribution is 2.22. The first-order valence-electron chi connectivity index (χ1n) is 6.48. The predicted octanol–water partition coefficient (Wildman–Crippen LogP) is 2.22. The standard InChI is InChI=1S/C12H18ClNO.C2H2O4/c1-3-14(4-2)9-10-15-12-8-6-5-7-11(12)13;3-1(4)2(5)6/h5-8H,3-4,9-10H2,1-2H3;(H,3,4)(H,5,6). The number of hydrogen-bond acceptors (Lipinski definition) is 4. The normalized spacial score (nSPS) is 9.71. The summed E-state index contributed by atoms with van der Waals surface area (Å²) in [5.41, 5.74) is 0. The number of rotatable bonds is 6. The Bertz CT molecular complexity index is 437. The Balaban J connectivity index is 0.000000567. The maximum Gasteiger partial charge on any atom is 0.414 e. The zero-order valence-corrected chi connectivity index (χ0v) is 12.8. The number of carbonyl (C=O) groups is 2. The van der Waals surface area contributed by atoms with Crippen LogP contribution in [-0.2, 0) is 9.59 Å². The minimum absolute atomic E-state index is 0.678. The molecule has 1 rings (SSSR count). The topological polar surface area (TPSA) is 87.1 Å². The zero-order chi connectivity index (χ0) is 16.3. The van der Waals surface area contributed by atoms with Gasteiger partial charge < -0.3 is 19.8 Å². The zero-order valence-electron chi connectivity index (χ0n) is 12.1. The van der Waals surface area contributed by atoms with Gasteiger partial charge in [0.15, 0.2) is 0 Å². The van der Waals surface area contributed by atoms with Crippen LogP contribution in [0.15, 0.2) is 24.3 Å². The third-order valence-electron chi connectivity index (χ3n) is 2.58. The van der Waals surface area contributed by atoms with Gasteiger partial charge >= 0.3 is 11.9 Å². The number of aliphatic carboxylic acids is 2. The summed E-state index contributed by atoms with van der Waals surface area (Å²) in [7, 11) is 0. The monoisotopic (exact) mass is 317 g/mol. The van der Waals surface area contributed by atoms with Crippen LogP contribution in [0.5, 0.6) is 5.75 Å². The summed E-state index contributed by atoms with van der Waals surface area (Å²) in [5.74, 6) is -2.88. The van der Waals surface area contributed by atoms with Crippen molar-refractivity contribution in [2.75, 3.05) is 26.2 Å². The van der Waals surface area contributed by atoms with E-state index in [-0.39, 0.29) is 0 Å². The van der Waals surface area contributed by atoms with Crippen LogP contribution >= 0.6 is 11.6 Å². The summed E-state index contributed by atoms with van der Waals surface area (Å²) in [6, 6.07) is 7.57. The molecule has 0 atom stereocenters. The summed E-state index contributed by atoms with van der Waals surface area (Å²) in [6.07, 6.45) is 0. The minimum Gasteiger partial charge on any atom is -0.491 e. The first-order valence-corrected chi connectivity index (χ1v) is 6.86. The molecule has 2 N–H and O–H groups in total. The molecule has 0 unspecified atom stereocenters. The van der Waals surface area contributed by atoms with E-state index in [2.05, 4.69) is 18.7 Å². The second kappa shape index (κ2) is 10.9. The Morgan fingerprint density at radius 3 is 2.10 bits per heavy atom. The number of likely N-dealkylation sites (N-methyl/N-ethyl adjacent to an activating group) is 1. The van der Waals surface area contributed by atoms with Crippen LogP contribution in [-0.4, -0.2) is 53.3 Å². The molecular weight excluding hydrogens is 298 g/mol. The number of para-hydroxylation sites is 1. The van der Waals surface area contributed by atoms with E-state index in [4.69, 9.17) is 36.1 Å². The number of hydrogen-bond donors (Lipinski definition) is 2. The average Bonchev–Trinajstić information content (AvgIpc) is 2.46. The fourth-order valence-electron chi connectivity index (χ4n) is 1.39. The first-order chi connectivity index (χ1) is 9.92. The van der Waals surface area contributed by atoms with E-state index in [9.17, 15) is 0 Å². The molecule has 0 saturated heterocycles. The number of nitrogens with zero attached hydrogens (tertiary/aromatic N) is 1. The summed E-state index contributed by atoms with van der Waals surface area (Å²) in [4.78, 5) is 20.5. The lowest BCUT2D eigenvalue weighted by atomic mass is 10.3.